The Labute approximate surface area is 226 Å². The van der Waals surface area contributed by atoms with E-state index in [0.29, 0.717) is 27.3 Å². The first kappa shape index (κ1) is 26.5. The van der Waals surface area contributed by atoms with Crippen molar-refractivity contribution >= 4 is 41.0 Å². The van der Waals surface area contributed by atoms with E-state index in [1.165, 1.54) is 4.90 Å². The summed E-state index contributed by atoms with van der Waals surface area (Å²) in [5, 5.41) is 3.88. The Kier molecular flexibility index (Phi) is 8.00. The van der Waals surface area contributed by atoms with Crippen molar-refractivity contribution in [3.63, 3.8) is 0 Å². The number of carbonyl (C=O) groups is 2. The number of hydrogen-bond acceptors (Lipinski definition) is 3. The van der Waals surface area contributed by atoms with Gasteiger partial charge in [0, 0.05) is 28.5 Å². The van der Waals surface area contributed by atoms with E-state index < -0.39 is 0 Å². The molecule has 8 heteroatoms. The van der Waals surface area contributed by atoms with Gasteiger partial charge in [-0.15, -0.1) is 0 Å². The number of anilines is 1. The zero-order valence-corrected chi connectivity index (χ0v) is 22.6. The SMILES string of the molecule is Cc1ccc(-n2cc(-c3ccc(Cl)cc3)nc2NC(=O)CN(C(=O)c2ccccc2Cl)C(C)C)cc1C. The van der Waals surface area contributed by atoms with E-state index in [1.807, 2.05) is 68.8 Å². The zero-order chi connectivity index (χ0) is 26.7. The maximum atomic E-state index is 13.2. The maximum absolute atomic E-state index is 13.2. The lowest BCUT2D eigenvalue weighted by Gasteiger charge is -2.26. The second-order valence-electron chi connectivity index (χ2n) is 9.15. The topological polar surface area (TPSA) is 67.2 Å². The highest BCUT2D eigenvalue weighted by Gasteiger charge is 2.24. The van der Waals surface area contributed by atoms with E-state index in [4.69, 9.17) is 28.2 Å². The molecule has 0 bridgehead atoms. The molecule has 0 unspecified atom stereocenters. The van der Waals surface area contributed by atoms with Gasteiger partial charge in [-0.05, 0) is 75.2 Å². The van der Waals surface area contributed by atoms with Gasteiger partial charge in [-0.1, -0.05) is 53.5 Å². The summed E-state index contributed by atoms with van der Waals surface area (Å²) in [5.74, 6) is -0.324. The molecule has 0 aliphatic carbocycles. The Morgan fingerprint density at radius 3 is 2.32 bits per heavy atom. The zero-order valence-electron chi connectivity index (χ0n) is 21.1. The van der Waals surface area contributed by atoms with Crippen LogP contribution in [0, 0.1) is 13.8 Å². The quantitative estimate of drug-likeness (QED) is 0.279. The normalized spacial score (nSPS) is 11.0. The molecule has 1 aromatic heterocycles. The lowest BCUT2D eigenvalue weighted by atomic mass is 10.1. The second kappa shape index (κ2) is 11.2. The third-order valence-electron chi connectivity index (χ3n) is 6.17. The van der Waals surface area contributed by atoms with Gasteiger partial charge in [-0.2, -0.15) is 0 Å². The number of rotatable bonds is 7. The molecule has 3 aromatic carbocycles. The highest BCUT2D eigenvalue weighted by atomic mass is 35.5. The highest BCUT2D eigenvalue weighted by molar-refractivity contribution is 6.33. The molecule has 6 nitrogen and oxygen atoms in total. The van der Waals surface area contributed by atoms with E-state index in [9.17, 15) is 9.59 Å². The summed E-state index contributed by atoms with van der Waals surface area (Å²) in [7, 11) is 0. The summed E-state index contributed by atoms with van der Waals surface area (Å²) < 4.78 is 1.84. The number of nitrogens with zero attached hydrogens (tertiary/aromatic N) is 3. The van der Waals surface area contributed by atoms with Gasteiger partial charge in [0.1, 0.15) is 6.54 Å². The van der Waals surface area contributed by atoms with Crippen LogP contribution in [0.15, 0.2) is 72.9 Å². The van der Waals surface area contributed by atoms with Gasteiger partial charge in [0.15, 0.2) is 0 Å². The molecule has 4 aromatic rings. The van der Waals surface area contributed by atoms with Gasteiger partial charge in [0.25, 0.3) is 5.91 Å². The van der Waals surface area contributed by atoms with Gasteiger partial charge >= 0.3 is 0 Å². The fourth-order valence-electron chi connectivity index (χ4n) is 3.90. The first-order chi connectivity index (χ1) is 17.6. The Bertz CT molecular complexity index is 1440. The molecule has 0 fully saturated rings. The molecule has 2 amide bonds. The standard InChI is InChI=1S/C29H28Cl2N4O2/c1-18(2)34(28(37)24-7-5-6-8-25(24)31)17-27(36)33-29-32-26(21-10-12-22(30)13-11-21)16-35(29)23-14-9-19(3)20(4)15-23/h5-16,18H,17H2,1-4H3,(H,32,33,36). The smallest absolute Gasteiger partial charge is 0.256 e. The minimum atomic E-state index is -0.368. The van der Waals surface area contributed by atoms with Crippen LogP contribution < -0.4 is 5.32 Å². The molecule has 1 heterocycles. The average Bonchev–Trinajstić information content (AvgIpc) is 3.28. The van der Waals surface area contributed by atoms with Crippen LogP contribution >= 0.6 is 23.2 Å². The van der Waals surface area contributed by atoms with Crippen LogP contribution in [0.3, 0.4) is 0 Å². The Morgan fingerprint density at radius 1 is 0.973 bits per heavy atom. The first-order valence-corrected chi connectivity index (χ1v) is 12.7. The molecule has 0 spiro atoms. The van der Waals surface area contributed by atoms with Crippen molar-refractivity contribution in [1.82, 2.24) is 14.5 Å². The fourth-order valence-corrected chi connectivity index (χ4v) is 4.24. The van der Waals surface area contributed by atoms with E-state index in [0.717, 1.165) is 22.4 Å². The molecule has 190 valence electrons. The third kappa shape index (κ3) is 6.04. The second-order valence-corrected chi connectivity index (χ2v) is 9.99. The van der Waals surface area contributed by atoms with Crippen LogP contribution in [0.4, 0.5) is 5.95 Å². The van der Waals surface area contributed by atoms with Crippen molar-refractivity contribution in [3.8, 4) is 16.9 Å². The molecular weight excluding hydrogens is 507 g/mol. The average molecular weight is 535 g/mol. The van der Waals surface area contributed by atoms with Crippen LogP contribution in [0.25, 0.3) is 16.9 Å². The van der Waals surface area contributed by atoms with Crippen LogP contribution in [0.1, 0.15) is 35.3 Å². The summed E-state index contributed by atoms with van der Waals surface area (Å²) >= 11 is 12.3. The number of amides is 2. The van der Waals surface area contributed by atoms with Crippen molar-refractivity contribution in [3.05, 3.63) is 99.7 Å². The largest absolute Gasteiger partial charge is 0.327 e. The fraction of sp³-hybridized carbons (Fsp3) is 0.207. The molecule has 1 N–H and O–H groups in total. The van der Waals surface area contributed by atoms with Crippen molar-refractivity contribution < 1.29 is 9.59 Å². The minimum absolute atomic E-state index is 0.155. The number of nitrogens with one attached hydrogen (secondary N) is 1. The van der Waals surface area contributed by atoms with Crippen molar-refractivity contribution in [2.75, 3.05) is 11.9 Å². The molecular formula is C29H28Cl2N4O2. The molecule has 0 atom stereocenters. The lowest BCUT2D eigenvalue weighted by molar-refractivity contribution is -0.117. The van der Waals surface area contributed by atoms with Gasteiger partial charge in [-0.25, -0.2) is 4.98 Å². The van der Waals surface area contributed by atoms with Crippen LogP contribution in [0.5, 0.6) is 0 Å². The summed E-state index contributed by atoms with van der Waals surface area (Å²) in [6, 6.07) is 20.0. The summed E-state index contributed by atoms with van der Waals surface area (Å²) in [6.45, 7) is 7.64. The van der Waals surface area contributed by atoms with E-state index in [1.54, 1.807) is 36.4 Å². The monoisotopic (exact) mass is 534 g/mol. The summed E-state index contributed by atoms with van der Waals surface area (Å²) in [5.41, 5.74) is 5.04. The van der Waals surface area contributed by atoms with E-state index in [2.05, 4.69) is 5.32 Å². The number of halogens is 2. The number of benzene rings is 3. The Balaban J connectivity index is 1.65. The lowest BCUT2D eigenvalue weighted by Crippen LogP contribution is -2.42. The van der Waals surface area contributed by atoms with Gasteiger partial charge in [0.05, 0.1) is 16.3 Å². The molecule has 37 heavy (non-hydrogen) atoms. The first-order valence-electron chi connectivity index (χ1n) is 11.9. The van der Waals surface area contributed by atoms with E-state index in [-0.39, 0.29) is 24.4 Å². The van der Waals surface area contributed by atoms with E-state index >= 15 is 0 Å². The Hall–Kier alpha value is -3.61. The van der Waals surface area contributed by atoms with Crippen LogP contribution in [-0.2, 0) is 4.79 Å². The Morgan fingerprint density at radius 2 is 1.68 bits per heavy atom. The van der Waals surface area contributed by atoms with Crippen molar-refractivity contribution in [1.29, 1.82) is 0 Å². The van der Waals surface area contributed by atoms with Gasteiger partial charge < -0.3 is 4.90 Å². The number of hydrogen-bond donors (Lipinski definition) is 1. The minimum Gasteiger partial charge on any atom is -0.327 e. The van der Waals surface area contributed by atoms with Crippen LogP contribution in [0.2, 0.25) is 10.0 Å². The number of carbonyl (C=O) groups excluding carboxylic acids is 2. The molecule has 0 aliphatic heterocycles. The summed E-state index contributed by atoms with van der Waals surface area (Å²) in [6.07, 6.45) is 1.87. The molecule has 0 aliphatic rings. The maximum Gasteiger partial charge on any atom is 0.256 e. The highest BCUT2D eigenvalue weighted by Crippen LogP contribution is 2.27. The number of imidazole rings is 1. The molecule has 0 radical (unpaired) electrons. The molecule has 0 saturated heterocycles. The van der Waals surface area contributed by atoms with Crippen molar-refractivity contribution in [2.45, 2.75) is 33.7 Å². The molecule has 4 rings (SSSR count). The predicted octanol–water partition coefficient (Wildman–Crippen LogP) is 6.95. The van der Waals surface area contributed by atoms with Gasteiger partial charge in [-0.3, -0.25) is 19.5 Å². The molecule has 0 saturated carbocycles. The van der Waals surface area contributed by atoms with Gasteiger partial charge in [0.2, 0.25) is 11.9 Å². The van der Waals surface area contributed by atoms with Crippen molar-refractivity contribution in [2.24, 2.45) is 0 Å². The predicted molar refractivity (Wildman–Crippen MR) is 150 cm³/mol. The number of aryl methyl sites for hydroxylation is 2. The van der Waals surface area contributed by atoms with Crippen LogP contribution in [-0.4, -0.2) is 38.9 Å². The summed E-state index contributed by atoms with van der Waals surface area (Å²) in [4.78, 5) is 32.6. The number of aromatic nitrogens is 2. The third-order valence-corrected chi connectivity index (χ3v) is 6.75.